The maximum absolute atomic E-state index is 13.0. The van der Waals surface area contributed by atoms with E-state index in [1.54, 1.807) is 24.3 Å². The molecule has 0 spiro atoms. The van der Waals surface area contributed by atoms with E-state index in [1.807, 2.05) is 24.3 Å². The molecular formula is C27H22F2N4O2. The number of halogens is 2. The predicted octanol–water partition coefficient (Wildman–Crippen LogP) is 6.84. The van der Waals surface area contributed by atoms with Gasteiger partial charge in [0.2, 0.25) is 0 Å². The fourth-order valence-corrected chi connectivity index (χ4v) is 3.30. The van der Waals surface area contributed by atoms with Gasteiger partial charge in [-0.1, -0.05) is 24.3 Å². The summed E-state index contributed by atoms with van der Waals surface area (Å²) >= 11 is 0. The third kappa shape index (κ3) is 7.13. The van der Waals surface area contributed by atoms with Crippen LogP contribution in [0, 0.1) is 11.6 Å². The zero-order chi connectivity index (χ0) is 24.6. The van der Waals surface area contributed by atoms with Crippen LogP contribution in [-0.4, -0.2) is 12.1 Å². The smallest absolute Gasteiger partial charge is 0.308 e. The number of benzene rings is 4. The summed E-state index contributed by atoms with van der Waals surface area (Å²) in [6, 6.07) is 25.0. The van der Waals surface area contributed by atoms with Crippen LogP contribution < -0.4 is 21.3 Å². The molecule has 4 N–H and O–H groups in total. The minimum atomic E-state index is -0.420. The first-order chi connectivity index (χ1) is 16.9. The maximum Gasteiger partial charge on any atom is 0.323 e. The lowest BCUT2D eigenvalue weighted by molar-refractivity contribution is 0.261. The van der Waals surface area contributed by atoms with Gasteiger partial charge < -0.3 is 21.3 Å². The first-order valence-corrected chi connectivity index (χ1v) is 10.8. The summed E-state index contributed by atoms with van der Waals surface area (Å²) in [5, 5.41) is 10.7. The fraction of sp³-hybridized carbons (Fsp3) is 0.0370. The minimum absolute atomic E-state index is 0.371. The molecule has 4 aromatic carbocycles. The predicted molar refractivity (Wildman–Crippen MR) is 134 cm³/mol. The summed E-state index contributed by atoms with van der Waals surface area (Å²) < 4.78 is 25.9. The zero-order valence-corrected chi connectivity index (χ0v) is 18.5. The van der Waals surface area contributed by atoms with E-state index in [1.165, 1.54) is 48.5 Å². The third-order valence-corrected chi connectivity index (χ3v) is 5.04. The van der Waals surface area contributed by atoms with E-state index in [4.69, 9.17) is 0 Å². The van der Waals surface area contributed by atoms with Gasteiger partial charge in [-0.2, -0.15) is 0 Å². The summed E-state index contributed by atoms with van der Waals surface area (Å²) in [5.41, 5.74) is 4.33. The lowest BCUT2D eigenvalue weighted by atomic mass is 10.0. The van der Waals surface area contributed by atoms with Gasteiger partial charge in [0.15, 0.2) is 0 Å². The number of amides is 4. The standard InChI is InChI=1S/C27H22F2N4O2/c28-20-5-13-24(14-6-20)32-26(34)30-22-9-1-18(2-10-22)17-19-3-11-23(12-4-19)31-27(35)33-25-15-7-21(29)8-16-25/h1-16H,17H2,(H2,30,32,34)(H2,31,33,35). The second kappa shape index (κ2) is 10.9. The topological polar surface area (TPSA) is 82.3 Å². The van der Waals surface area contributed by atoms with Crippen LogP contribution in [0.15, 0.2) is 97.1 Å². The van der Waals surface area contributed by atoms with Crippen LogP contribution >= 0.6 is 0 Å². The molecule has 6 nitrogen and oxygen atoms in total. The van der Waals surface area contributed by atoms with Gasteiger partial charge in [0.05, 0.1) is 0 Å². The molecule has 35 heavy (non-hydrogen) atoms. The quantitative estimate of drug-likeness (QED) is 0.248. The Kier molecular flexibility index (Phi) is 7.32. The SMILES string of the molecule is O=C(Nc1ccc(F)cc1)Nc1ccc(Cc2ccc(NC(=O)Nc3ccc(F)cc3)cc2)cc1. The van der Waals surface area contributed by atoms with Crippen molar-refractivity contribution in [3.8, 4) is 0 Å². The van der Waals surface area contributed by atoms with Gasteiger partial charge in [0.25, 0.3) is 0 Å². The first kappa shape index (κ1) is 23.4. The van der Waals surface area contributed by atoms with Crippen molar-refractivity contribution < 1.29 is 18.4 Å². The largest absolute Gasteiger partial charge is 0.323 e. The molecule has 0 aliphatic heterocycles. The van der Waals surface area contributed by atoms with E-state index in [0.717, 1.165) is 11.1 Å². The highest BCUT2D eigenvalue weighted by Gasteiger charge is 2.05. The molecule has 4 amide bonds. The lowest BCUT2D eigenvalue weighted by Gasteiger charge is -2.10. The molecule has 0 saturated carbocycles. The number of hydrogen-bond acceptors (Lipinski definition) is 2. The third-order valence-electron chi connectivity index (χ3n) is 5.04. The van der Waals surface area contributed by atoms with Crippen LogP contribution in [0.1, 0.15) is 11.1 Å². The minimum Gasteiger partial charge on any atom is -0.308 e. The van der Waals surface area contributed by atoms with Crippen molar-refractivity contribution >= 4 is 34.8 Å². The molecule has 0 radical (unpaired) electrons. The van der Waals surface area contributed by atoms with E-state index in [0.29, 0.717) is 29.2 Å². The van der Waals surface area contributed by atoms with E-state index < -0.39 is 12.1 Å². The second-order valence-corrected chi connectivity index (χ2v) is 7.74. The van der Waals surface area contributed by atoms with E-state index in [2.05, 4.69) is 21.3 Å². The van der Waals surface area contributed by atoms with Crippen molar-refractivity contribution in [2.24, 2.45) is 0 Å². The van der Waals surface area contributed by atoms with Crippen LogP contribution in [0.25, 0.3) is 0 Å². The number of urea groups is 2. The molecule has 4 aromatic rings. The second-order valence-electron chi connectivity index (χ2n) is 7.74. The normalized spacial score (nSPS) is 10.3. The van der Waals surface area contributed by atoms with Crippen molar-refractivity contribution in [2.45, 2.75) is 6.42 Å². The van der Waals surface area contributed by atoms with Crippen LogP contribution in [0.4, 0.5) is 41.1 Å². The Labute approximate surface area is 201 Å². The average molecular weight is 472 g/mol. The van der Waals surface area contributed by atoms with Gasteiger partial charge in [0, 0.05) is 22.7 Å². The van der Waals surface area contributed by atoms with E-state index in [-0.39, 0.29) is 11.6 Å². The number of anilines is 4. The zero-order valence-electron chi connectivity index (χ0n) is 18.5. The number of rotatable bonds is 6. The van der Waals surface area contributed by atoms with Gasteiger partial charge in [-0.3, -0.25) is 0 Å². The molecule has 176 valence electrons. The Morgan fingerprint density at radius 3 is 1.00 bits per heavy atom. The molecule has 0 aliphatic rings. The van der Waals surface area contributed by atoms with Crippen molar-refractivity contribution in [1.29, 1.82) is 0 Å². The molecule has 4 rings (SSSR count). The Hall–Kier alpha value is -4.72. The monoisotopic (exact) mass is 472 g/mol. The molecule has 0 unspecified atom stereocenters. The molecular weight excluding hydrogens is 450 g/mol. The van der Waals surface area contributed by atoms with Crippen molar-refractivity contribution in [2.75, 3.05) is 21.3 Å². The molecule has 0 aromatic heterocycles. The van der Waals surface area contributed by atoms with Crippen LogP contribution in [0.3, 0.4) is 0 Å². The van der Waals surface area contributed by atoms with Gasteiger partial charge in [-0.15, -0.1) is 0 Å². The first-order valence-electron chi connectivity index (χ1n) is 10.8. The summed E-state index contributed by atoms with van der Waals surface area (Å²) in [7, 11) is 0. The van der Waals surface area contributed by atoms with E-state index >= 15 is 0 Å². The van der Waals surface area contributed by atoms with Crippen LogP contribution in [0.5, 0.6) is 0 Å². The Bertz CT molecular complexity index is 1190. The molecule has 0 heterocycles. The summed E-state index contributed by atoms with van der Waals surface area (Å²) in [6.45, 7) is 0. The molecule has 0 fully saturated rings. The van der Waals surface area contributed by atoms with Crippen LogP contribution in [-0.2, 0) is 6.42 Å². The van der Waals surface area contributed by atoms with Crippen molar-refractivity contribution in [3.63, 3.8) is 0 Å². The van der Waals surface area contributed by atoms with Gasteiger partial charge in [-0.05, 0) is 90.3 Å². The molecule has 0 atom stereocenters. The fourth-order valence-electron chi connectivity index (χ4n) is 3.30. The summed E-state index contributed by atoms with van der Waals surface area (Å²) in [5.74, 6) is -0.741. The summed E-state index contributed by atoms with van der Waals surface area (Å²) in [6.07, 6.45) is 0.671. The number of hydrogen-bond donors (Lipinski definition) is 4. The highest BCUT2D eigenvalue weighted by molar-refractivity contribution is 6.00. The van der Waals surface area contributed by atoms with Crippen molar-refractivity contribution in [1.82, 2.24) is 0 Å². The number of nitrogens with one attached hydrogen (secondary N) is 4. The lowest BCUT2D eigenvalue weighted by Crippen LogP contribution is -2.19. The van der Waals surface area contributed by atoms with Gasteiger partial charge >= 0.3 is 12.1 Å². The molecule has 0 bridgehead atoms. The van der Waals surface area contributed by atoms with Gasteiger partial charge in [0.1, 0.15) is 11.6 Å². The highest BCUT2D eigenvalue weighted by atomic mass is 19.1. The number of carbonyl (C=O) groups is 2. The van der Waals surface area contributed by atoms with E-state index in [9.17, 15) is 18.4 Å². The molecule has 0 saturated heterocycles. The maximum atomic E-state index is 13.0. The van der Waals surface area contributed by atoms with Crippen molar-refractivity contribution in [3.05, 3.63) is 120 Å². The van der Waals surface area contributed by atoms with Crippen LogP contribution in [0.2, 0.25) is 0 Å². The Morgan fingerprint density at radius 2 is 0.714 bits per heavy atom. The summed E-state index contributed by atoms with van der Waals surface area (Å²) in [4.78, 5) is 24.2. The van der Waals surface area contributed by atoms with Gasteiger partial charge in [-0.25, -0.2) is 18.4 Å². The Morgan fingerprint density at radius 1 is 0.457 bits per heavy atom. The molecule has 8 heteroatoms. The molecule has 0 aliphatic carbocycles. The average Bonchev–Trinajstić information content (AvgIpc) is 2.84. The highest BCUT2D eigenvalue weighted by Crippen LogP contribution is 2.17. The number of carbonyl (C=O) groups excluding carboxylic acids is 2. The Balaban J connectivity index is 1.26.